The van der Waals surface area contributed by atoms with Gasteiger partial charge in [0.05, 0.1) is 23.1 Å². The topological polar surface area (TPSA) is 53.9 Å². The quantitative estimate of drug-likeness (QED) is 0.935. The number of hydrogen-bond acceptors (Lipinski definition) is 5. The van der Waals surface area contributed by atoms with Crippen LogP contribution in [0.2, 0.25) is 0 Å². The molecule has 0 bridgehead atoms. The van der Waals surface area contributed by atoms with Gasteiger partial charge in [-0.2, -0.15) is 0 Å². The fourth-order valence-corrected chi connectivity index (χ4v) is 2.84. The van der Waals surface area contributed by atoms with Crippen LogP contribution in [-0.2, 0) is 0 Å². The molecule has 0 amide bonds. The van der Waals surface area contributed by atoms with Gasteiger partial charge in [0.15, 0.2) is 5.82 Å². The Balaban J connectivity index is 1.83. The maximum absolute atomic E-state index is 4.56. The third-order valence-corrected chi connectivity index (χ3v) is 3.89. The number of rotatable bonds is 4. The Hall–Kier alpha value is -2.17. The Morgan fingerprint density at radius 2 is 1.86 bits per heavy atom. The summed E-state index contributed by atoms with van der Waals surface area (Å²) in [4.78, 5) is 15.7. The van der Waals surface area contributed by atoms with Gasteiger partial charge in [-0.05, 0) is 38.8 Å². The van der Waals surface area contributed by atoms with Gasteiger partial charge in [0.1, 0.15) is 0 Å². The van der Waals surface area contributed by atoms with Gasteiger partial charge >= 0.3 is 0 Å². The lowest BCUT2D eigenvalue weighted by atomic mass is 10.2. The molecule has 2 aromatic heterocycles. The van der Waals surface area contributed by atoms with Crippen LogP contribution in [0.15, 0.2) is 30.7 Å². The van der Waals surface area contributed by atoms with Crippen LogP contribution in [0, 0.1) is 6.92 Å². The van der Waals surface area contributed by atoms with Crippen molar-refractivity contribution < 1.29 is 0 Å². The number of nitrogens with zero attached hydrogens (tertiary/aromatic N) is 4. The van der Waals surface area contributed by atoms with Crippen molar-refractivity contribution in [1.82, 2.24) is 15.0 Å². The largest absolute Gasteiger partial charge is 0.374 e. The molecule has 3 heterocycles. The van der Waals surface area contributed by atoms with Crippen LogP contribution in [0.3, 0.4) is 0 Å². The maximum Gasteiger partial charge on any atom is 0.151 e. The van der Waals surface area contributed by atoms with Crippen LogP contribution in [0.4, 0.5) is 11.5 Å². The lowest BCUT2D eigenvalue weighted by Gasteiger charge is -2.23. The highest BCUT2D eigenvalue weighted by atomic mass is 15.2. The number of hydrogen-bond donors (Lipinski definition) is 1. The normalized spacial score (nSPS) is 16.0. The van der Waals surface area contributed by atoms with E-state index in [1.807, 2.05) is 19.2 Å². The standard InChI is InChI=1S/C16H21N5/c1-12-15(18-9-8-17-12)13(2)20-14-6-5-7-19-16(14)21-10-3-4-11-21/h5-9,13,20H,3-4,10-11H2,1-2H3. The van der Waals surface area contributed by atoms with Crippen molar-refractivity contribution in [2.45, 2.75) is 32.7 Å². The van der Waals surface area contributed by atoms with Crippen molar-refractivity contribution in [3.05, 3.63) is 42.1 Å². The van der Waals surface area contributed by atoms with Gasteiger partial charge in [-0.25, -0.2) is 4.98 Å². The molecule has 110 valence electrons. The van der Waals surface area contributed by atoms with Crippen molar-refractivity contribution in [2.24, 2.45) is 0 Å². The molecule has 1 unspecified atom stereocenters. The van der Waals surface area contributed by atoms with Gasteiger partial charge in [0.2, 0.25) is 0 Å². The molecule has 21 heavy (non-hydrogen) atoms. The average Bonchev–Trinajstić information content (AvgIpc) is 3.02. The Labute approximate surface area is 125 Å². The predicted molar refractivity (Wildman–Crippen MR) is 84.5 cm³/mol. The predicted octanol–water partition coefficient (Wildman–Crippen LogP) is 2.95. The second-order valence-electron chi connectivity index (χ2n) is 5.46. The molecule has 1 fully saturated rings. The van der Waals surface area contributed by atoms with E-state index in [2.05, 4.69) is 38.2 Å². The van der Waals surface area contributed by atoms with Crippen LogP contribution in [0.5, 0.6) is 0 Å². The monoisotopic (exact) mass is 283 g/mol. The highest BCUT2D eigenvalue weighted by Crippen LogP contribution is 2.29. The van der Waals surface area contributed by atoms with Crippen molar-refractivity contribution in [1.29, 1.82) is 0 Å². The SMILES string of the molecule is Cc1nccnc1C(C)Nc1cccnc1N1CCCC1. The zero-order chi connectivity index (χ0) is 14.7. The van der Waals surface area contributed by atoms with Gasteiger partial charge in [-0.1, -0.05) is 0 Å². The summed E-state index contributed by atoms with van der Waals surface area (Å²) in [5, 5.41) is 3.54. The lowest BCUT2D eigenvalue weighted by molar-refractivity contribution is 0.806. The summed E-state index contributed by atoms with van der Waals surface area (Å²) >= 11 is 0. The molecule has 1 N–H and O–H groups in total. The summed E-state index contributed by atoms with van der Waals surface area (Å²) in [6.07, 6.45) is 7.82. The molecule has 5 nitrogen and oxygen atoms in total. The molecule has 1 aliphatic heterocycles. The van der Waals surface area contributed by atoms with E-state index in [1.54, 1.807) is 12.4 Å². The number of aromatic nitrogens is 3. The molecule has 1 saturated heterocycles. The third-order valence-electron chi connectivity index (χ3n) is 3.89. The van der Waals surface area contributed by atoms with Crippen LogP contribution >= 0.6 is 0 Å². The minimum absolute atomic E-state index is 0.101. The summed E-state index contributed by atoms with van der Waals surface area (Å²) in [5.74, 6) is 1.04. The fraction of sp³-hybridized carbons (Fsp3) is 0.438. The first-order valence-electron chi connectivity index (χ1n) is 7.49. The van der Waals surface area contributed by atoms with Crippen molar-refractivity contribution >= 4 is 11.5 Å². The van der Waals surface area contributed by atoms with Gasteiger partial charge in [-0.15, -0.1) is 0 Å². The van der Waals surface area contributed by atoms with E-state index in [9.17, 15) is 0 Å². The minimum Gasteiger partial charge on any atom is -0.374 e. The van der Waals surface area contributed by atoms with Gasteiger partial charge in [0.25, 0.3) is 0 Å². The minimum atomic E-state index is 0.101. The van der Waals surface area contributed by atoms with E-state index in [0.717, 1.165) is 36.0 Å². The molecule has 0 radical (unpaired) electrons. The first-order chi connectivity index (χ1) is 10.3. The summed E-state index contributed by atoms with van der Waals surface area (Å²) < 4.78 is 0. The molecule has 0 spiro atoms. The second-order valence-corrected chi connectivity index (χ2v) is 5.46. The Bertz CT molecular complexity index is 607. The highest BCUT2D eigenvalue weighted by molar-refractivity contribution is 5.66. The molecule has 1 atom stereocenters. The average molecular weight is 283 g/mol. The first-order valence-corrected chi connectivity index (χ1v) is 7.49. The van der Waals surface area contributed by atoms with Gasteiger partial charge in [-0.3, -0.25) is 9.97 Å². The van der Waals surface area contributed by atoms with Crippen LogP contribution < -0.4 is 10.2 Å². The van der Waals surface area contributed by atoms with Gasteiger partial charge in [0, 0.05) is 31.7 Å². The number of pyridine rings is 1. The summed E-state index contributed by atoms with van der Waals surface area (Å²) in [6, 6.07) is 4.16. The molecule has 2 aromatic rings. The molecule has 0 saturated carbocycles. The van der Waals surface area contributed by atoms with Crippen LogP contribution in [0.1, 0.15) is 37.2 Å². The van der Waals surface area contributed by atoms with Crippen molar-refractivity contribution in [2.75, 3.05) is 23.3 Å². The van der Waals surface area contributed by atoms with E-state index in [4.69, 9.17) is 0 Å². The molecule has 5 heteroatoms. The molecule has 0 aromatic carbocycles. The fourth-order valence-electron chi connectivity index (χ4n) is 2.84. The second kappa shape index (κ2) is 6.08. The first kappa shape index (κ1) is 13.8. The molecular formula is C16H21N5. The van der Waals surface area contributed by atoms with E-state index in [1.165, 1.54) is 12.8 Å². The number of nitrogens with one attached hydrogen (secondary N) is 1. The number of aryl methyl sites for hydroxylation is 1. The van der Waals surface area contributed by atoms with Crippen molar-refractivity contribution in [3.63, 3.8) is 0 Å². The summed E-state index contributed by atoms with van der Waals surface area (Å²) in [6.45, 7) is 6.28. The van der Waals surface area contributed by atoms with Crippen LogP contribution in [0.25, 0.3) is 0 Å². The van der Waals surface area contributed by atoms with E-state index in [-0.39, 0.29) is 6.04 Å². The number of anilines is 2. The van der Waals surface area contributed by atoms with Gasteiger partial charge < -0.3 is 10.2 Å². The highest BCUT2D eigenvalue weighted by Gasteiger charge is 2.18. The van der Waals surface area contributed by atoms with E-state index in [0.29, 0.717) is 0 Å². The smallest absolute Gasteiger partial charge is 0.151 e. The molecule has 0 aliphatic carbocycles. The zero-order valence-corrected chi connectivity index (χ0v) is 12.6. The summed E-state index contributed by atoms with van der Waals surface area (Å²) in [5.41, 5.74) is 3.01. The van der Waals surface area contributed by atoms with Crippen molar-refractivity contribution in [3.8, 4) is 0 Å². The van der Waals surface area contributed by atoms with E-state index >= 15 is 0 Å². The zero-order valence-electron chi connectivity index (χ0n) is 12.6. The Kier molecular flexibility index (Phi) is 3.99. The summed E-state index contributed by atoms with van der Waals surface area (Å²) in [7, 11) is 0. The van der Waals surface area contributed by atoms with E-state index < -0.39 is 0 Å². The molecule has 1 aliphatic rings. The molecule has 3 rings (SSSR count). The van der Waals surface area contributed by atoms with Crippen LogP contribution in [-0.4, -0.2) is 28.0 Å². The Morgan fingerprint density at radius 3 is 2.62 bits per heavy atom. The molecular weight excluding hydrogens is 262 g/mol. The maximum atomic E-state index is 4.56. The Morgan fingerprint density at radius 1 is 1.10 bits per heavy atom. The third kappa shape index (κ3) is 2.96. The lowest BCUT2D eigenvalue weighted by Crippen LogP contribution is -2.21.